The highest BCUT2D eigenvalue weighted by atomic mass is 16.5. The zero-order chi connectivity index (χ0) is 29.0. The maximum absolute atomic E-state index is 13.1. The number of aromatic nitrogens is 2. The van der Waals surface area contributed by atoms with Crippen molar-refractivity contribution in [1.82, 2.24) is 19.4 Å². The Kier molecular flexibility index (Phi) is 9.04. The number of para-hydroxylation sites is 1. The smallest absolute Gasteiger partial charge is 0.407 e. The van der Waals surface area contributed by atoms with Crippen molar-refractivity contribution in [3.05, 3.63) is 34.2 Å². The number of carboxylic acid groups (broad SMARTS) is 1. The van der Waals surface area contributed by atoms with E-state index in [9.17, 15) is 24.3 Å². The lowest BCUT2D eigenvalue weighted by Gasteiger charge is -2.43. The summed E-state index contributed by atoms with van der Waals surface area (Å²) in [4.78, 5) is 50.0. The zero-order valence-corrected chi connectivity index (χ0v) is 23.9. The van der Waals surface area contributed by atoms with Gasteiger partial charge in [0.2, 0.25) is 11.8 Å². The lowest BCUT2D eigenvalue weighted by atomic mass is 9.74. The van der Waals surface area contributed by atoms with Crippen LogP contribution >= 0.6 is 0 Å². The number of likely N-dealkylation sites (tertiary alicyclic amines) is 1. The number of fused-ring (bicyclic) bond motifs is 1. The number of unbranched alkanes of at least 4 members (excludes halogenated alkanes) is 3. The number of amides is 3. The molecule has 2 fully saturated rings. The molecule has 3 amide bonds. The lowest BCUT2D eigenvalue weighted by molar-refractivity contribution is -0.135. The van der Waals surface area contributed by atoms with Gasteiger partial charge in [0.1, 0.15) is 6.04 Å². The van der Waals surface area contributed by atoms with E-state index in [0.717, 1.165) is 31.2 Å². The number of imide groups is 1. The predicted octanol–water partition coefficient (Wildman–Crippen LogP) is 3.66. The molecule has 40 heavy (non-hydrogen) atoms. The second-order valence-electron chi connectivity index (χ2n) is 11.9. The Balaban J connectivity index is 1.31. The van der Waals surface area contributed by atoms with Crippen LogP contribution < -0.4 is 11.0 Å². The molecule has 2 saturated heterocycles. The van der Waals surface area contributed by atoms with Gasteiger partial charge in [-0.15, -0.1) is 0 Å². The van der Waals surface area contributed by atoms with Crippen LogP contribution in [0.15, 0.2) is 23.0 Å². The summed E-state index contributed by atoms with van der Waals surface area (Å²) in [6.07, 6.45) is 3.93. The number of nitrogens with one attached hydrogen (secondary N) is 1. The van der Waals surface area contributed by atoms with Crippen LogP contribution in [0.3, 0.4) is 0 Å². The molecule has 4 rings (SSSR count). The monoisotopic (exact) mass is 552 g/mol. The fourth-order valence-electron chi connectivity index (χ4n) is 5.79. The van der Waals surface area contributed by atoms with E-state index in [2.05, 4.69) is 37.9 Å². The van der Waals surface area contributed by atoms with Gasteiger partial charge in [0, 0.05) is 45.5 Å². The van der Waals surface area contributed by atoms with Crippen LogP contribution in [0.5, 0.6) is 0 Å². The van der Waals surface area contributed by atoms with Crippen molar-refractivity contribution in [2.75, 3.05) is 19.7 Å². The molecule has 1 aromatic heterocycles. The predicted molar refractivity (Wildman–Crippen MR) is 151 cm³/mol. The molecule has 10 heteroatoms. The summed E-state index contributed by atoms with van der Waals surface area (Å²) in [5, 5.41) is 11.7. The van der Waals surface area contributed by atoms with Gasteiger partial charge in [0.25, 0.3) is 0 Å². The Morgan fingerprint density at radius 2 is 1.93 bits per heavy atom. The minimum Gasteiger partial charge on any atom is -0.465 e. The van der Waals surface area contributed by atoms with Gasteiger partial charge in [0.05, 0.1) is 22.7 Å². The first-order valence-corrected chi connectivity index (χ1v) is 14.1. The second kappa shape index (κ2) is 12.3. The highest BCUT2D eigenvalue weighted by Crippen LogP contribution is 2.35. The molecule has 3 atom stereocenters. The number of hydrogen-bond donors (Lipinski definition) is 2. The van der Waals surface area contributed by atoms with Crippen LogP contribution in [-0.2, 0) is 21.4 Å². The summed E-state index contributed by atoms with van der Waals surface area (Å²) >= 11 is 0. The number of aryl methyl sites for hydroxylation is 1. The molecule has 10 nitrogen and oxygen atoms in total. The number of carbonyl (C=O) groups is 3. The van der Waals surface area contributed by atoms with Crippen LogP contribution in [0.25, 0.3) is 11.0 Å². The summed E-state index contributed by atoms with van der Waals surface area (Å²) in [6.45, 7) is 8.08. The first kappa shape index (κ1) is 29.4. The number of hydrogen-bond acceptors (Lipinski definition) is 5. The van der Waals surface area contributed by atoms with Gasteiger partial charge < -0.3 is 14.7 Å². The fraction of sp³-hybridized carbons (Fsp3) is 0.600. The molecule has 0 bridgehead atoms. The summed E-state index contributed by atoms with van der Waals surface area (Å²) in [5.41, 5.74) is 1.70. The number of carbonyl (C=O) groups excluding carboxylic acids is 2. The van der Waals surface area contributed by atoms with Crippen LogP contribution in [-0.4, -0.2) is 62.8 Å². The first-order valence-electron chi connectivity index (χ1n) is 14.1. The minimum absolute atomic E-state index is 0.0381. The summed E-state index contributed by atoms with van der Waals surface area (Å²) in [6, 6.07) is 4.79. The third-order valence-corrected chi connectivity index (χ3v) is 8.06. The van der Waals surface area contributed by atoms with Gasteiger partial charge in [-0.1, -0.05) is 45.1 Å². The topological polar surface area (TPSA) is 123 Å². The van der Waals surface area contributed by atoms with E-state index in [0.29, 0.717) is 43.6 Å². The van der Waals surface area contributed by atoms with E-state index in [1.807, 2.05) is 12.1 Å². The SMILES string of the molecule is Cn1c(=O)n(C2CCC(=O)NC2=O)c2cccc(C#CCCCCCOC3CCN(C(=O)O)CC3C(C)(C)C)c21. The molecule has 3 heterocycles. The van der Waals surface area contributed by atoms with Crippen molar-refractivity contribution in [3.8, 4) is 11.8 Å². The van der Waals surface area contributed by atoms with Crippen molar-refractivity contribution < 1.29 is 24.2 Å². The number of benzene rings is 1. The molecule has 2 aliphatic heterocycles. The largest absolute Gasteiger partial charge is 0.465 e. The molecule has 2 aliphatic rings. The van der Waals surface area contributed by atoms with Crippen molar-refractivity contribution >= 4 is 28.9 Å². The Labute approximate surface area is 234 Å². The molecule has 2 aromatic rings. The van der Waals surface area contributed by atoms with E-state index >= 15 is 0 Å². The van der Waals surface area contributed by atoms with Crippen molar-refractivity contribution in [3.63, 3.8) is 0 Å². The molecule has 0 radical (unpaired) electrons. The number of nitrogens with zero attached hydrogens (tertiary/aromatic N) is 3. The standard InChI is InChI=1S/C30H40N4O6/c1-30(2,3)21-19-33(29(38)39)17-16-24(21)40-18-9-7-5-6-8-11-20-12-10-13-22-26(20)32(4)28(37)34(22)23-14-15-25(35)31-27(23)36/h10,12-13,21,23-24H,5-7,9,14-19H2,1-4H3,(H,38,39)(H,31,35,36). The Bertz CT molecular complexity index is 1390. The Morgan fingerprint density at radius 1 is 1.15 bits per heavy atom. The maximum atomic E-state index is 13.1. The van der Waals surface area contributed by atoms with Crippen LogP contribution in [0, 0.1) is 23.2 Å². The third-order valence-electron chi connectivity index (χ3n) is 8.06. The van der Waals surface area contributed by atoms with Crippen LogP contribution in [0.1, 0.15) is 77.3 Å². The highest BCUT2D eigenvalue weighted by Gasteiger charge is 2.39. The van der Waals surface area contributed by atoms with E-state index in [-0.39, 0.29) is 35.5 Å². The molecule has 216 valence electrons. The first-order chi connectivity index (χ1) is 19.0. The van der Waals surface area contributed by atoms with Gasteiger partial charge in [-0.2, -0.15) is 0 Å². The number of piperidine rings is 2. The van der Waals surface area contributed by atoms with E-state index in [1.165, 1.54) is 14.0 Å². The third kappa shape index (κ3) is 6.41. The van der Waals surface area contributed by atoms with Crippen molar-refractivity contribution in [2.45, 2.75) is 77.9 Å². The molecule has 1 aromatic carbocycles. The average molecular weight is 553 g/mol. The highest BCUT2D eigenvalue weighted by molar-refractivity contribution is 6.00. The van der Waals surface area contributed by atoms with Gasteiger partial charge >= 0.3 is 11.8 Å². The Morgan fingerprint density at radius 3 is 2.62 bits per heavy atom. The summed E-state index contributed by atoms with van der Waals surface area (Å²) < 4.78 is 9.22. The second-order valence-corrected chi connectivity index (χ2v) is 11.9. The lowest BCUT2D eigenvalue weighted by Crippen LogP contribution is -2.50. The summed E-state index contributed by atoms with van der Waals surface area (Å²) in [5.74, 6) is 5.82. The zero-order valence-electron chi connectivity index (χ0n) is 23.9. The molecule has 2 N–H and O–H groups in total. The van der Waals surface area contributed by atoms with E-state index in [1.54, 1.807) is 13.1 Å². The number of ether oxygens (including phenoxy) is 1. The molecule has 0 saturated carbocycles. The van der Waals surface area contributed by atoms with Crippen LogP contribution in [0.2, 0.25) is 0 Å². The molecule has 3 unspecified atom stereocenters. The normalized spacial score (nSPS) is 21.7. The Hall–Kier alpha value is -3.58. The molecular weight excluding hydrogens is 512 g/mol. The van der Waals surface area contributed by atoms with E-state index < -0.39 is 18.0 Å². The van der Waals surface area contributed by atoms with Gasteiger partial charge in [-0.25, -0.2) is 9.59 Å². The molecule has 0 aliphatic carbocycles. The van der Waals surface area contributed by atoms with E-state index in [4.69, 9.17) is 4.74 Å². The van der Waals surface area contributed by atoms with Gasteiger partial charge in [-0.05, 0) is 43.2 Å². The van der Waals surface area contributed by atoms with Gasteiger partial charge in [0.15, 0.2) is 0 Å². The van der Waals surface area contributed by atoms with Gasteiger partial charge in [-0.3, -0.25) is 24.0 Å². The quantitative estimate of drug-likeness (QED) is 0.307. The minimum atomic E-state index is -0.862. The fourth-order valence-corrected chi connectivity index (χ4v) is 5.79. The summed E-state index contributed by atoms with van der Waals surface area (Å²) in [7, 11) is 1.67. The van der Waals surface area contributed by atoms with Crippen molar-refractivity contribution in [1.29, 1.82) is 0 Å². The maximum Gasteiger partial charge on any atom is 0.407 e. The number of imidazole rings is 1. The number of rotatable bonds is 7. The van der Waals surface area contributed by atoms with Crippen LogP contribution in [0.4, 0.5) is 4.79 Å². The van der Waals surface area contributed by atoms with Crippen molar-refractivity contribution in [2.24, 2.45) is 18.4 Å². The molecule has 0 spiro atoms. The average Bonchev–Trinajstić information content (AvgIpc) is 3.15. The molecular formula is C30H40N4O6.